The third-order valence-corrected chi connectivity index (χ3v) is 4.28. The Kier molecular flexibility index (Phi) is 8.72. The van der Waals surface area contributed by atoms with Crippen molar-refractivity contribution < 1.29 is 14.6 Å². The van der Waals surface area contributed by atoms with Crippen LogP contribution in [0.15, 0.2) is 54.7 Å². The van der Waals surface area contributed by atoms with Gasteiger partial charge in [-0.3, -0.25) is 4.98 Å². The summed E-state index contributed by atoms with van der Waals surface area (Å²) in [6, 6.07) is 11.7. The Hall–Kier alpha value is -2.46. The predicted octanol–water partition coefficient (Wildman–Crippen LogP) is 5.10. The molecule has 1 atom stereocenters. The fourth-order valence-corrected chi connectivity index (χ4v) is 2.67. The quantitative estimate of drug-likeness (QED) is 0.360. The van der Waals surface area contributed by atoms with E-state index in [1.807, 2.05) is 24.3 Å². The van der Waals surface area contributed by atoms with Gasteiger partial charge in [-0.25, -0.2) is 4.79 Å². The molecule has 144 valence electrons. The summed E-state index contributed by atoms with van der Waals surface area (Å²) in [6.07, 6.45) is 10.6. The second-order valence-corrected chi connectivity index (χ2v) is 6.78. The number of rotatable bonds is 10. The summed E-state index contributed by atoms with van der Waals surface area (Å²) in [5, 5.41) is 9.37. The molecule has 1 aromatic carbocycles. The van der Waals surface area contributed by atoms with Crippen molar-refractivity contribution in [1.29, 1.82) is 0 Å². The zero-order chi connectivity index (χ0) is 19.5. The number of allylic oxidation sites excluding steroid dienone is 1. The number of aliphatic hydroxyl groups excluding tert-OH is 1. The number of carbonyl (C=O) groups excluding carboxylic acids is 1. The van der Waals surface area contributed by atoms with Crippen molar-refractivity contribution in [1.82, 2.24) is 4.98 Å². The number of ether oxygens (including phenoxy) is 1. The monoisotopic (exact) mass is 367 g/mol. The van der Waals surface area contributed by atoms with Gasteiger partial charge in [0, 0.05) is 11.6 Å². The molecule has 0 aliphatic rings. The molecule has 0 radical (unpaired) electrons. The maximum atomic E-state index is 11.8. The van der Waals surface area contributed by atoms with Crippen molar-refractivity contribution in [3.05, 3.63) is 60.3 Å². The maximum Gasteiger partial charge on any atom is 0.335 e. The van der Waals surface area contributed by atoms with Crippen molar-refractivity contribution in [3.63, 3.8) is 0 Å². The largest absolute Gasteiger partial charge is 0.422 e. The standard InChI is InChI=1S/C23H29NO3/c1-3-4-5-6-7-8-23(26)27-21-15-16-22(24-17-21)20-13-11-19(12-14-20)10-9-18(2)25/h7-8,11-18,25H,3-6,9-10H2,1-2H3/b8-7-. The number of benzene rings is 1. The average Bonchev–Trinajstić information content (AvgIpc) is 2.67. The van der Waals surface area contributed by atoms with E-state index in [1.54, 1.807) is 19.2 Å². The zero-order valence-electron chi connectivity index (χ0n) is 16.2. The summed E-state index contributed by atoms with van der Waals surface area (Å²) in [4.78, 5) is 16.2. The summed E-state index contributed by atoms with van der Waals surface area (Å²) in [5.74, 6) is 0.0685. The Morgan fingerprint density at radius 1 is 1.19 bits per heavy atom. The van der Waals surface area contributed by atoms with Gasteiger partial charge in [0.15, 0.2) is 0 Å². The minimum Gasteiger partial charge on any atom is -0.422 e. The Balaban J connectivity index is 1.88. The lowest BCUT2D eigenvalue weighted by molar-refractivity contribution is -0.129. The number of nitrogens with zero attached hydrogens (tertiary/aromatic N) is 1. The van der Waals surface area contributed by atoms with Gasteiger partial charge in [0.05, 0.1) is 18.0 Å². The fraction of sp³-hybridized carbons (Fsp3) is 0.391. The molecule has 1 N–H and O–H groups in total. The number of aliphatic hydroxyl groups is 1. The van der Waals surface area contributed by atoms with Crippen LogP contribution in [0, 0.1) is 0 Å². The van der Waals surface area contributed by atoms with Crippen molar-refractivity contribution in [3.8, 4) is 17.0 Å². The molecule has 27 heavy (non-hydrogen) atoms. The third-order valence-electron chi connectivity index (χ3n) is 4.28. The molecule has 0 aliphatic heterocycles. The van der Waals surface area contributed by atoms with Crippen molar-refractivity contribution >= 4 is 5.97 Å². The molecule has 0 aliphatic carbocycles. The molecule has 0 amide bonds. The van der Waals surface area contributed by atoms with Gasteiger partial charge in [0.1, 0.15) is 5.75 Å². The molecular weight excluding hydrogens is 338 g/mol. The molecule has 0 saturated carbocycles. The van der Waals surface area contributed by atoms with Crippen LogP contribution >= 0.6 is 0 Å². The first kappa shape index (κ1) is 20.8. The molecule has 4 nitrogen and oxygen atoms in total. The molecule has 4 heteroatoms. The molecule has 2 rings (SSSR count). The Morgan fingerprint density at radius 2 is 1.96 bits per heavy atom. The van der Waals surface area contributed by atoms with E-state index in [0.717, 1.165) is 36.9 Å². The minimum atomic E-state index is -0.372. The highest BCUT2D eigenvalue weighted by Gasteiger charge is 2.04. The zero-order valence-corrected chi connectivity index (χ0v) is 16.2. The number of aryl methyl sites for hydroxylation is 1. The summed E-state index contributed by atoms with van der Waals surface area (Å²) in [6.45, 7) is 3.95. The summed E-state index contributed by atoms with van der Waals surface area (Å²) >= 11 is 0. The predicted molar refractivity (Wildman–Crippen MR) is 109 cm³/mol. The Morgan fingerprint density at radius 3 is 2.59 bits per heavy atom. The number of hydrogen-bond acceptors (Lipinski definition) is 4. The molecule has 0 fully saturated rings. The molecule has 0 spiro atoms. The topological polar surface area (TPSA) is 59.4 Å². The number of aromatic nitrogens is 1. The van der Waals surface area contributed by atoms with Crippen LogP contribution in [0.1, 0.15) is 51.5 Å². The van der Waals surface area contributed by atoms with E-state index in [2.05, 4.69) is 24.0 Å². The van der Waals surface area contributed by atoms with E-state index in [-0.39, 0.29) is 12.1 Å². The van der Waals surface area contributed by atoms with Gasteiger partial charge in [0.2, 0.25) is 0 Å². The maximum absolute atomic E-state index is 11.8. The highest BCUT2D eigenvalue weighted by molar-refractivity contribution is 5.84. The molecule has 0 saturated heterocycles. The van der Waals surface area contributed by atoms with Gasteiger partial charge in [-0.05, 0) is 50.3 Å². The van der Waals surface area contributed by atoms with E-state index in [1.165, 1.54) is 24.5 Å². The number of carbonyl (C=O) groups is 1. The smallest absolute Gasteiger partial charge is 0.335 e. The normalized spacial score (nSPS) is 12.3. The van der Waals surface area contributed by atoms with Crippen LogP contribution in [-0.2, 0) is 11.2 Å². The number of unbranched alkanes of at least 4 members (excludes halogenated alkanes) is 3. The lowest BCUT2D eigenvalue weighted by Gasteiger charge is -2.06. The summed E-state index contributed by atoms with van der Waals surface area (Å²) in [5.41, 5.74) is 3.02. The van der Waals surface area contributed by atoms with Crippen LogP contribution in [0.5, 0.6) is 5.75 Å². The van der Waals surface area contributed by atoms with Crippen molar-refractivity contribution in [2.45, 2.75) is 58.5 Å². The number of esters is 1. The first-order valence-electron chi connectivity index (χ1n) is 9.70. The average molecular weight is 367 g/mol. The number of hydrogen-bond donors (Lipinski definition) is 1. The summed E-state index contributed by atoms with van der Waals surface area (Å²) < 4.78 is 5.27. The van der Waals surface area contributed by atoms with E-state index < -0.39 is 0 Å². The van der Waals surface area contributed by atoms with Crippen LogP contribution in [0.4, 0.5) is 0 Å². The van der Waals surface area contributed by atoms with Crippen LogP contribution in [0.2, 0.25) is 0 Å². The highest BCUT2D eigenvalue weighted by Crippen LogP contribution is 2.21. The molecule has 2 aromatic rings. The first-order chi connectivity index (χ1) is 13.1. The molecule has 1 aromatic heterocycles. The van der Waals surface area contributed by atoms with Gasteiger partial charge >= 0.3 is 5.97 Å². The summed E-state index contributed by atoms with van der Waals surface area (Å²) in [7, 11) is 0. The van der Waals surface area contributed by atoms with Crippen LogP contribution in [0.25, 0.3) is 11.3 Å². The van der Waals surface area contributed by atoms with Gasteiger partial charge in [-0.2, -0.15) is 0 Å². The third kappa shape index (κ3) is 7.75. The van der Waals surface area contributed by atoms with Gasteiger partial charge < -0.3 is 9.84 Å². The highest BCUT2D eigenvalue weighted by atomic mass is 16.5. The first-order valence-corrected chi connectivity index (χ1v) is 9.70. The SMILES string of the molecule is CCCCC/C=C\C(=O)Oc1ccc(-c2ccc(CCC(C)O)cc2)nc1. The molecule has 1 heterocycles. The second-order valence-electron chi connectivity index (χ2n) is 6.78. The Bertz CT molecular complexity index is 718. The Labute approximate surface area is 161 Å². The van der Waals surface area contributed by atoms with Crippen molar-refractivity contribution in [2.75, 3.05) is 0 Å². The lowest BCUT2D eigenvalue weighted by atomic mass is 10.0. The van der Waals surface area contributed by atoms with Gasteiger partial charge in [0.25, 0.3) is 0 Å². The number of pyridine rings is 1. The molecular formula is C23H29NO3. The lowest BCUT2D eigenvalue weighted by Crippen LogP contribution is -2.04. The van der Waals surface area contributed by atoms with E-state index in [0.29, 0.717) is 5.75 Å². The molecule has 1 unspecified atom stereocenters. The molecule has 0 bridgehead atoms. The van der Waals surface area contributed by atoms with Crippen molar-refractivity contribution in [2.24, 2.45) is 0 Å². The van der Waals surface area contributed by atoms with Gasteiger partial charge in [-0.1, -0.05) is 50.1 Å². The van der Waals surface area contributed by atoms with E-state index in [4.69, 9.17) is 4.74 Å². The van der Waals surface area contributed by atoms with Crippen LogP contribution in [0.3, 0.4) is 0 Å². The van der Waals surface area contributed by atoms with Crippen LogP contribution in [-0.4, -0.2) is 22.2 Å². The second kappa shape index (κ2) is 11.3. The van der Waals surface area contributed by atoms with Gasteiger partial charge in [-0.15, -0.1) is 0 Å². The van der Waals surface area contributed by atoms with E-state index >= 15 is 0 Å². The minimum absolute atomic E-state index is 0.284. The van der Waals surface area contributed by atoms with E-state index in [9.17, 15) is 9.90 Å². The fourth-order valence-electron chi connectivity index (χ4n) is 2.67. The van der Waals surface area contributed by atoms with Crippen LogP contribution < -0.4 is 4.74 Å².